The molecule has 4 rings (SSSR count). The molecule has 0 aliphatic carbocycles. The van der Waals surface area contributed by atoms with Crippen LogP contribution in [0.2, 0.25) is 5.02 Å². The highest BCUT2D eigenvalue weighted by Crippen LogP contribution is 2.30. The normalized spacial score (nSPS) is 10.8. The maximum atomic E-state index is 12.2. The van der Waals surface area contributed by atoms with Gasteiger partial charge in [0.1, 0.15) is 5.75 Å². The van der Waals surface area contributed by atoms with E-state index in [1.165, 1.54) is 0 Å². The van der Waals surface area contributed by atoms with E-state index in [2.05, 4.69) is 31.2 Å². The molecule has 8 heteroatoms. The summed E-state index contributed by atoms with van der Waals surface area (Å²) >= 11 is 9.57. The fourth-order valence-corrected chi connectivity index (χ4v) is 2.94. The van der Waals surface area contributed by atoms with Crippen LogP contribution < -0.4 is 10.1 Å². The molecule has 1 amide bonds. The smallest absolute Gasteiger partial charge is 0.262 e. The Balaban J connectivity index is 1.49. The number of nitrogens with one attached hydrogen (secondary N) is 1. The van der Waals surface area contributed by atoms with E-state index >= 15 is 0 Å². The number of hydrogen-bond acceptors (Lipinski definition) is 5. The van der Waals surface area contributed by atoms with Gasteiger partial charge >= 0.3 is 0 Å². The van der Waals surface area contributed by atoms with Crippen LogP contribution in [0, 0.1) is 0 Å². The quantitative estimate of drug-likeness (QED) is 0.438. The van der Waals surface area contributed by atoms with Crippen LogP contribution in [0.5, 0.6) is 5.75 Å². The number of ether oxygens (including phenoxy) is 1. The van der Waals surface area contributed by atoms with Crippen LogP contribution in [0.25, 0.3) is 22.7 Å². The molecule has 2 heterocycles. The highest BCUT2D eigenvalue weighted by Gasteiger charge is 2.13. The molecule has 0 radical (unpaired) electrons. The SMILES string of the molecule is O=C(COc1ccc(Br)cc1)Nc1cc(-c2nc3ncccc3o2)ccc1Cl. The van der Waals surface area contributed by atoms with Gasteiger partial charge < -0.3 is 14.5 Å². The van der Waals surface area contributed by atoms with Crippen LogP contribution >= 0.6 is 27.5 Å². The average Bonchev–Trinajstić information content (AvgIpc) is 3.13. The third kappa shape index (κ3) is 4.16. The Labute approximate surface area is 173 Å². The molecule has 0 saturated heterocycles. The van der Waals surface area contributed by atoms with Crippen molar-refractivity contribution in [3.63, 3.8) is 0 Å². The molecule has 4 aromatic rings. The second-order valence-electron chi connectivity index (χ2n) is 5.83. The monoisotopic (exact) mass is 457 g/mol. The van der Waals surface area contributed by atoms with Crippen LogP contribution in [0.1, 0.15) is 0 Å². The van der Waals surface area contributed by atoms with Crippen molar-refractivity contribution in [3.8, 4) is 17.2 Å². The van der Waals surface area contributed by atoms with Crippen LogP contribution in [-0.2, 0) is 4.79 Å². The second-order valence-corrected chi connectivity index (χ2v) is 7.15. The fraction of sp³-hybridized carbons (Fsp3) is 0.0500. The van der Waals surface area contributed by atoms with Crippen molar-refractivity contribution in [1.82, 2.24) is 9.97 Å². The van der Waals surface area contributed by atoms with Gasteiger partial charge in [-0.2, -0.15) is 4.98 Å². The van der Waals surface area contributed by atoms with Gasteiger partial charge in [0.2, 0.25) is 5.89 Å². The first kappa shape index (κ1) is 18.5. The molecule has 140 valence electrons. The Morgan fingerprint density at radius 2 is 2.00 bits per heavy atom. The van der Waals surface area contributed by atoms with E-state index in [1.807, 2.05) is 12.1 Å². The highest BCUT2D eigenvalue weighted by atomic mass is 79.9. The van der Waals surface area contributed by atoms with Crippen molar-refractivity contribution in [3.05, 3.63) is 70.3 Å². The van der Waals surface area contributed by atoms with Gasteiger partial charge in [0.15, 0.2) is 17.8 Å². The number of hydrogen-bond donors (Lipinski definition) is 1. The van der Waals surface area contributed by atoms with Crippen molar-refractivity contribution in [1.29, 1.82) is 0 Å². The number of aromatic nitrogens is 2. The number of fused-ring (bicyclic) bond motifs is 1. The molecule has 0 bridgehead atoms. The number of benzene rings is 2. The van der Waals surface area contributed by atoms with Gasteiger partial charge in [0.05, 0.1) is 10.7 Å². The molecule has 0 aliphatic rings. The molecule has 28 heavy (non-hydrogen) atoms. The van der Waals surface area contributed by atoms with E-state index in [9.17, 15) is 4.79 Å². The molecular weight excluding hydrogens is 446 g/mol. The van der Waals surface area contributed by atoms with Gasteiger partial charge in [0.25, 0.3) is 5.91 Å². The van der Waals surface area contributed by atoms with Gasteiger partial charge in [-0.3, -0.25) is 4.79 Å². The van der Waals surface area contributed by atoms with Crippen molar-refractivity contribution in [2.45, 2.75) is 0 Å². The predicted octanol–water partition coefficient (Wildman–Crippen LogP) is 5.32. The minimum absolute atomic E-state index is 0.144. The van der Waals surface area contributed by atoms with Crippen LogP contribution in [0.4, 0.5) is 5.69 Å². The van der Waals surface area contributed by atoms with Crippen LogP contribution in [0.3, 0.4) is 0 Å². The zero-order valence-electron chi connectivity index (χ0n) is 14.4. The Morgan fingerprint density at radius 1 is 1.18 bits per heavy atom. The van der Waals surface area contributed by atoms with Gasteiger partial charge in [-0.15, -0.1) is 0 Å². The van der Waals surface area contributed by atoms with Crippen LogP contribution in [-0.4, -0.2) is 22.5 Å². The maximum absolute atomic E-state index is 12.2. The minimum Gasteiger partial charge on any atom is -0.484 e. The molecule has 2 aromatic heterocycles. The summed E-state index contributed by atoms with van der Waals surface area (Å²) in [7, 11) is 0. The van der Waals surface area contributed by atoms with E-state index in [1.54, 1.807) is 48.7 Å². The molecule has 0 saturated carbocycles. The fourth-order valence-electron chi connectivity index (χ4n) is 2.51. The summed E-state index contributed by atoms with van der Waals surface area (Å²) in [5, 5.41) is 3.14. The third-order valence-electron chi connectivity index (χ3n) is 3.84. The van der Waals surface area contributed by atoms with Gasteiger partial charge in [0, 0.05) is 16.2 Å². The van der Waals surface area contributed by atoms with E-state index in [4.69, 9.17) is 20.8 Å². The number of nitrogens with zero attached hydrogens (tertiary/aromatic N) is 2. The number of pyridine rings is 1. The molecule has 0 atom stereocenters. The van der Waals surface area contributed by atoms with Gasteiger partial charge in [-0.1, -0.05) is 27.5 Å². The van der Waals surface area contributed by atoms with Gasteiger partial charge in [-0.25, -0.2) is 4.98 Å². The highest BCUT2D eigenvalue weighted by molar-refractivity contribution is 9.10. The number of carbonyl (C=O) groups is 1. The average molecular weight is 459 g/mol. The van der Waals surface area contributed by atoms with E-state index in [0.717, 1.165) is 4.47 Å². The first-order chi connectivity index (χ1) is 13.6. The number of halogens is 2. The van der Waals surface area contributed by atoms with E-state index < -0.39 is 0 Å². The zero-order valence-corrected chi connectivity index (χ0v) is 16.7. The number of rotatable bonds is 5. The molecule has 2 aromatic carbocycles. The number of amides is 1. The molecule has 1 N–H and O–H groups in total. The Kier molecular flexibility index (Phi) is 5.27. The Hall–Kier alpha value is -2.90. The number of anilines is 1. The number of oxazole rings is 1. The third-order valence-corrected chi connectivity index (χ3v) is 4.69. The first-order valence-electron chi connectivity index (χ1n) is 8.28. The lowest BCUT2D eigenvalue weighted by molar-refractivity contribution is -0.118. The summed E-state index contributed by atoms with van der Waals surface area (Å²) in [5.74, 6) is 0.658. The van der Waals surface area contributed by atoms with Crippen molar-refractivity contribution >= 4 is 50.4 Å². The van der Waals surface area contributed by atoms with E-state index in [-0.39, 0.29) is 12.5 Å². The lowest BCUT2D eigenvalue weighted by atomic mass is 10.2. The topological polar surface area (TPSA) is 77.2 Å². The summed E-state index contributed by atoms with van der Waals surface area (Å²) in [4.78, 5) is 20.7. The zero-order chi connectivity index (χ0) is 19.5. The van der Waals surface area contributed by atoms with Crippen molar-refractivity contribution < 1.29 is 13.9 Å². The lowest BCUT2D eigenvalue weighted by Gasteiger charge is -2.10. The summed E-state index contributed by atoms with van der Waals surface area (Å²) in [6.07, 6.45) is 1.65. The maximum Gasteiger partial charge on any atom is 0.262 e. The van der Waals surface area contributed by atoms with Crippen LogP contribution in [0.15, 0.2) is 69.7 Å². The predicted molar refractivity (Wildman–Crippen MR) is 111 cm³/mol. The van der Waals surface area contributed by atoms with E-state index in [0.29, 0.717) is 39.1 Å². The second kappa shape index (κ2) is 8.00. The molecule has 0 aliphatic heterocycles. The summed E-state index contributed by atoms with van der Waals surface area (Å²) in [6.45, 7) is -0.144. The standard InChI is InChI=1S/C20H13BrClN3O3/c21-13-4-6-14(7-5-13)27-11-18(26)24-16-10-12(3-8-15(16)22)20-25-19-17(28-20)2-1-9-23-19/h1-10H,11H2,(H,24,26). The molecule has 6 nitrogen and oxygen atoms in total. The Morgan fingerprint density at radius 3 is 2.79 bits per heavy atom. The van der Waals surface area contributed by atoms with Gasteiger partial charge in [-0.05, 0) is 54.6 Å². The minimum atomic E-state index is -0.332. The largest absolute Gasteiger partial charge is 0.484 e. The number of carbonyl (C=O) groups excluding carboxylic acids is 1. The molecule has 0 unspecified atom stereocenters. The first-order valence-corrected chi connectivity index (χ1v) is 9.45. The summed E-state index contributed by atoms with van der Waals surface area (Å²) < 4.78 is 12.1. The van der Waals surface area contributed by atoms with Crippen molar-refractivity contribution in [2.75, 3.05) is 11.9 Å². The summed E-state index contributed by atoms with van der Waals surface area (Å²) in [5.41, 5.74) is 2.21. The molecular formula is C20H13BrClN3O3. The van der Waals surface area contributed by atoms with Crippen molar-refractivity contribution in [2.24, 2.45) is 0 Å². The molecule has 0 spiro atoms. The Bertz CT molecular complexity index is 1110. The summed E-state index contributed by atoms with van der Waals surface area (Å²) in [6, 6.07) is 15.9. The molecule has 0 fully saturated rings. The lowest BCUT2D eigenvalue weighted by Crippen LogP contribution is -2.20.